The monoisotopic (exact) mass is 373 g/mol. The fourth-order valence-corrected chi connectivity index (χ4v) is 4.88. The minimum absolute atomic E-state index is 0.00378. The summed E-state index contributed by atoms with van der Waals surface area (Å²) in [6.07, 6.45) is 0. The van der Waals surface area contributed by atoms with Gasteiger partial charge in [-0.2, -0.15) is 4.68 Å². The number of nitrogens with zero attached hydrogens (tertiary/aromatic N) is 5. The standard InChI is InChI=1S/C18H23N5O2S/c1-12-19-18-23(20-12)17(24)16(26-18)15(22-10-8-21(2)9-11-22)13-4-6-14(25-3)7-5-13/h4-7,15-16H,8-11H2,1-3H3. The molecule has 1 saturated heterocycles. The molecular weight excluding hydrogens is 350 g/mol. The van der Waals surface area contributed by atoms with E-state index in [1.54, 1.807) is 7.11 Å². The molecule has 0 aliphatic carbocycles. The molecule has 1 aromatic carbocycles. The van der Waals surface area contributed by atoms with Crippen LogP contribution in [0.1, 0.15) is 22.2 Å². The number of methoxy groups -OCH3 is 1. The van der Waals surface area contributed by atoms with Crippen molar-refractivity contribution in [1.29, 1.82) is 0 Å². The van der Waals surface area contributed by atoms with Gasteiger partial charge in [-0.1, -0.05) is 23.9 Å². The third-order valence-electron chi connectivity index (χ3n) is 5.04. The summed E-state index contributed by atoms with van der Waals surface area (Å²) in [7, 11) is 3.80. The molecular formula is C18H23N5O2S. The maximum absolute atomic E-state index is 13.0. The Morgan fingerprint density at radius 2 is 1.88 bits per heavy atom. The second-order valence-corrected chi connectivity index (χ2v) is 7.90. The third kappa shape index (κ3) is 3.13. The summed E-state index contributed by atoms with van der Waals surface area (Å²) < 4.78 is 6.76. The van der Waals surface area contributed by atoms with Crippen LogP contribution >= 0.6 is 11.8 Å². The first-order chi connectivity index (χ1) is 12.6. The molecule has 0 bridgehead atoms. The summed E-state index contributed by atoms with van der Waals surface area (Å²) in [5, 5.41) is 4.74. The number of thioether (sulfide) groups is 1. The van der Waals surface area contributed by atoms with Crippen molar-refractivity contribution in [2.45, 2.75) is 23.4 Å². The maximum Gasteiger partial charge on any atom is 0.264 e. The van der Waals surface area contributed by atoms with E-state index in [0.717, 1.165) is 37.5 Å². The predicted octanol–water partition coefficient (Wildman–Crippen LogP) is 1.70. The molecule has 2 aliphatic heterocycles. The van der Waals surface area contributed by atoms with Crippen LogP contribution in [0.2, 0.25) is 0 Å². The first-order valence-electron chi connectivity index (χ1n) is 8.78. The van der Waals surface area contributed by atoms with Gasteiger partial charge in [-0.3, -0.25) is 9.69 Å². The summed E-state index contributed by atoms with van der Waals surface area (Å²) in [6.45, 7) is 5.69. The number of likely N-dealkylation sites (N-methyl/N-ethyl adjacent to an activating group) is 1. The van der Waals surface area contributed by atoms with E-state index >= 15 is 0 Å². The lowest BCUT2D eigenvalue weighted by molar-refractivity contribution is 0.0766. The van der Waals surface area contributed by atoms with Gasteiger partial charge in [0.2, 0.25) is 0 Å². The van der Waals surface area contributed by atoms with E-state index < -0.39 is 0 Å². The van der Waals surface area contributed by atoms with Gasteiger partial charge in [0.15, 0.2) is 5.16 Å². The second-order valence-electron chi connectivity index (χ2n) is 6.79. The molecule has 2 unspecified atom stereocenters. The van der Waals surface area contributed by atoms with E-state index in [4.69, 9.17) is 4.74 Å². The van der Waals surface area contributed by atoms with Crippen LogP contribution in [-0.2, 0) is 0 Å². The van der Waals surface area contributed by atoms with E-state index in [-0.39, 0.29) is 17.2 Å². The minimum atomic E-state index is -0.234. The van der Waals surface area contributed by atoms with Gasteiger partial charge in [0.1, 0.15) is 16.8 Å². The van der Waals surface area contributed by atoms with Gasteiger partial charge >= 0.3 is 0 Å². The van der Waals surface area contributed by atoms with E-state index in [1.807, 2.05) is 19.1 Å². The zero-order valence-corrected chi connectivity index (χ0v) is 16.1. The Morgan fingerprint density at radius 3 is 2.50 bits per heavy atom. The van der Waals surface area contributed by atoms with Crippen molar-refractivity contribution in [3.05, 3.63) is 35.7 Å². The van der Waals surface area contributed by atoms with Crippen LogP contribution in [0.3, 0.4) is 0 Å². The number of carbonyl (C=O) groups excluding carboxylic acids is 1. The number of aromatic nitrogens is 3. The van der Waals surface area contributed by atoms with Crippen LogP contribution < -0.4 is 4.74 Å². The number of fused-ring (bicyclic) bond motifs is 1. The first-order valence-corrected chi connectivity index (χ1v) is 9.66. The third-order valence-corrected chi connectivity index (χ3v) is 6.23. The van der Waals surface area contributed by atoms with Crippen LogP contribution in [0.15, 0.2) is 29.4 Å². The second kappa shape index (κ2) is 7.02. The first kappa shape index (κ1) is 17.5. The molecule has 7 nitrogen and oxygen atoms in total. The average Bonchev–Trinajstić information content (AvgIpc) is 3.15. The summed E-state index contributed by atoms with van der Waals surface area (Å²) >= 11 is 1.53. The number of aryl methyl sites for hydroxylation is 1. The Kier molecular flexibility index (Phi) is 4.73. The fraction of sp³-hybridized carbons (Fsp3) is 0.500. The molecule has 0 amide bonds. The van der Waals surface area contributed by atoms with Gasteiger partial charge in [-0.05, 0) is 31.7 Å². The molecule has 0 radical (unpaired) electrons. The Hall–Kier alpha value is -1.90. The van der Waals surface area contributed by atoms with E-state index in [0.29, 0.717) is 11.0 Å². The van der Waals surface area contributed by atoms with Crippen molar-refractivity contribution in [3.8, 4) is 5.75 Å². The fourth-order valence-electron chi connectivity index (χ4n) is 3.58. The summed E-state index contributed by atoms with van der Waals surface area (Å²) in [4.78, 5) is 22.2. The van der Waals surface area contributed by atoms with Gasteiger partial charge in [0.05, 0.1) is 13.2 Å². The highest BCUT2D eigenvalue weighted by Gasteiger charge is 2.43. The molecule has 3 heterocycles. The SMILES string of the molecule is COc1ccc(C(C2Sc3nc(C)nn3C2=O)N2CCN(C)CC2)cc1. The molecule has 1 fully saturated rings. The molecule has 4 rings (SSSR count). The Morgan fingerprint density at radius 1 is 1.19 bits per heavy atom. The van der Waals surface area contributed by atoms with Crippen molar-refractivity contribution < 1.29 is 9.53 Å². The van der Waals surface area contributed by atoms with Crippen molar-refractivity contribution >= 4 is 17.7 Å². The zero-order chi connectivity index (χ0) is 18.3. The van der Waals surface area contributed by atoms with E-state index in [9.17, 15) is 4.79 Å². The molecule has 0 spiro atoms. The van der Waals surface area contributed by atoms with E-state index in [1.165, 1.54) is 16.4 Å². The number of ether oxygens (including phenoxy) is 1. The molecule has 26 heavy (non-hydrogen) atoms. The molecule has 138 valence electrons. The van der Waals surface area contributed by atoms with Crippen molar-refractivity contribution in [2.75, 3.05) is 40.3 Å². The lowest BCUT2D eigenvalue weighted by Gasteiger charge is -2.39. The molecule has 1 aromatic heterocycles. The topological polar surface area (TPSA) is 63.5 Å². The molecule has 2 aliphatic rings. The number of benzene rings is 1. The van der Waals surface area contributed by atoms with Crippen molar-refractivity contribution in [2.24, 2.45) is 0 Å². The number of piperazine rings is 1. The Labute approximate surface area is 157 Å². The molecule has 2 aromatic rings. The Bertz CT molecular complexity index is 798. The van der Waals surface area contributed by atoms with Gasteiger partial charge in [0, 0.05) is 26.2 Å². The van der Waals surface area contributed by atoms with Gasteiger partial charge in [-0.15, -0.1) is 5.10 Å². The van der Waals surface area contributed by atoms with Crippen LogP contribution in [-0.4, -0.2) is 76.1 Å². The highest BCUT2D eigenvalue weighted by atomic mass is 32.2. The molecule has 0 saturated carbocycles. The van der Waals surface area contributed by atoms with Crippen LogP contribution in [0.5, 0.6) is 5.75 Å². The van der Waals surface area contributed by atoms with Crippen molar-refractivity contribution in [3.63, 3.8) is 0 Å². The van der Waals surface area contributed by atoms with Crippen molar-refractivity contribution in [1.82, 2.24) is 24.6 Å². The number of carbonyl (C=O) groups is 1. The normalized spacial score (nSPS) is 22.4. The largest absolute Gasteiger partial charge is 0.497 e. The highest BCUT2D eigenvalue weighted by Crippen LogP contribution is 2.41. The van der Waals surface area contributed by atoms with E-state index in [2.05, 4.69) is 39.1 Å². The van der Waals surface area contributed by atoms with Crippen LogP contribution in [0.4, 0.5) is 0 Å². The zero-order valence-electron chi connectivity index (χ0n) is 15.3. The van der Waals surface area contributed by atoms with Gasteiger partial charge in [-0.25, -0.2) is 4.98 Å². The Balaban J connectivity index is 1.66. The lowest BCUT2D eigenvalue weighted by Crippen LogP contribution is -2.49. The maximum atomic E-state index is 13.0. The van der Waals surface area contributed by atoms with Gasteiger partial charge < -0.3 is 9.64 Å². The molecule has 8 heteroatoms. The number of rotatable bonds is 4. The summed E-state index contributed by atoms with van der Waals surface area (Å²) in [5.41, 5.74) is 1.13. The quantitative estimate of drug-likeness (QED) is 0.808. The number of hydrogen-bond acceptors (Lipinski definition) is 7. The smallest absolute Gasteiger partial charge is 0.264 e. The average molecular weight is 373 g/mol. The number of hydrogen-bond donors (Lipinski definition) is 0. The predicted molar refractivity (Wildman–Crippen MR) is 99.8 cm³/mol. The van der Waals surface area contributed by atoms with Crippen LogP contribution in [0.25, 0.3) is 0 Å². The molecule has 0 N–H and O–H groups in total. The van der Waals surface area contributed by atoms with Gasteiger partial charge in [0.25, 0.3) is 5.91 Å². The molecule has 2 atom stereocenters. The summed E-state index contributed by atoms with van der Waals surface area (Å²) in [5.74, 6) is 1.48. The lowest BCUT2D eigenvalue weighted by atomic mass is 10.00. The summed E-state index contributed by atoms with van der Waals surface area (Å²) in [6, 6.07) is 8.05. The minimum Gasteiger partial charge on any atom is -0.497 e. The highest BCUT2D eigenvalue weighted by molar-refractivity contribution is 8.00. The van der Waals surface area contributed by atoms with Crippen LogP contribution in [0, 0.1) is 6.92 Å².